The van der Waals surface area contributed by atoms with E-state index in [1.54, 1.807) is 0 Å². The Bertz CT molecular complexity index is 478. The molecule has 1 amide bonds. The second kappa shape index (κ2) is 5.77. The molecular weight excluding hydrogens is 256 g/mol. The first-order valence-corrected chi connectivity index (χ1v) is 7.15. The number of ketones is 1. The Morgan fingerprint density at radius 2 is 2.05 bits per heavy atom. The van der Waals surface area contributed by atoms with Crippen LogP contribution in [0.4, 0.5) is 0 Å². The van der Waals surface area contributed by atoms with Gasteiger partial charge in [0, 0.05) is 25.6 Å². The Labute approximate surface area is 119 Å². The largest absolute Gasteiger partial charge is 0.511 e. The third kappa shape index (κ3) is 3.46. The molecule has 2 aliphatic rings. The van der Waals surface area contributed by atoms with Gasteiger partial charge in [-0.05, 0) is 24.7 Å². The topological polar surface area (TPSA) is 78.8 Å². The minimum Gasteiger partial charge on any atom is -0.511 e. The van der Waals surface area contributed by atoms with E-state index in [-0.39, 0.29) is 28.4 Å². The second-order valence-electron chi connectivity index (χ2n) is 6.38. The van der Waals surface area contributed by atoms with Gasteiger partial charge in [-0.15, -0.1) is 0 Å². The summed E-state index contributed by atoms with van der Waals surface area (Å²) in [5.74, 6) is -0.108. The minimum absolute atomic E-state index is 0.0871. The van der Waals surface area contributed by atoms with Gasteiger partial charge in [0.05, 0.1) is 5.57 Å². The molecule has 1 aliphatic heterocycles. The Hall–Kier alpha value is -1.65. The summed E-state index contributed by atoms with van der Waals surface area (Å²) in [5, 5.41) is 12.8. The molecule has 20 heavy (non-hydrogen) atoms. The fourth-order valence-corrected chi connectivity index (χ4v) is 2.68. The van der Waals surface area contributed by atoms with Crippen molar-refractivity contribution in [3.05, 3.63) is 11.3 Å². The fourth-order valence-electron chi connectivity index (χ4n) is 2.68. The third-order valence-corrected chi connectivity index (χ3v) is 3.79. The van der Waals surface area contributed by atoms with E-state index in [1.165, 1.54) is 6.21 Å². The fraction of sp³-hybridized carbons (Fsp3) is 0.667. The average Bonchev–Trinajstić information content (AvgIpc) is 2.52. The highest BCUT2D eigenvalue weighted by atomic mass is 16.3. The predicted octanol–water partition coefficient (Wildman–Crippen LogP) is 1.93. The maximum Gasteiger partial charge on any atom is 0.244 e. The molecule has 2 N–H and O–H groups in total. The van der Waals surface area contributed by atoms with Crippen molar-refractivity contribution in [2.24, 2.45) is 10.4 Å². The summed E-state index contributed by atoms with van der Waals surface area (Å²) in [5.41, 5.74) is 0.0550. The quantitative estimate of drug-likeness (QED) is 0.757. The Balaban J connectivity index is 2.13. The molecule has 2 rings (SSSR count). The van der Waals surface area contributed by atoms with E-state index in [0.717, 1.165) is 12.8 Å². The molecule has 5 nitrogen and oxygen atoms in total. The Morgan fingerprint density at radius 1 is 1.30 bits per heavy atom. The van der Waals surface area contributed by atoms with Crippen LogP contribution in [0.3, 0.4) is 0 Å². The zero-order chi connectivity index (χ0) is 14.8. The highest BCUT2D eigenvalue weighted by molar-refractivity contribution is 6.14. The number of aliphatic hydroxyl groups excluding tert-OH is 1. The van der Waals surface area contributed by atoms with Crippen molar-refractivity contribution in [2.45, 2.75) is 52.0 Å². The lowest BCUT2D eigenvalue weighted by Crippen LogP contribution is -2.32. The normalized spacial score (nSPS) is 27.6. The van der Waals surface area contributed by atoms with E-state index in [9.17, 15) is 14.7 Å². The number of aliphatic hydroxyl groups is 1. The van der Waals surface area contributed by atoms with Crippen molar-refractivity contribution in [3.8, 4) is 0 Å². The molecule has 1 heterocycles. The highest BCUT2D eigenvalue weighted by Gasteiger charge is 2.32. The number of aliphatic imine (C=N–C) groups is 1. The summed E-state index contributed by atoms with van der Waals surface area (Å²) < 4.78 is 0. The molecule has 0 bridgehead atoms. The van der Waals surface area contributed by atoms with Gasteiger partial charge in [-0.3, -0.25) is 14.6 Å². The van der Waals surface area contributed by atoms with E-state index in [1.807, 2.05) is 13.8 Å². The maximum absolute atomic E-state index is 12.0. The van der Waals surface area contributed by atoms with Crippen molar-refractivity contribution in [3.63, 3.8) is 0 Å². The number of amides is 1. The molecule has 0 aromatic heterocycles. The van der Waals surface area contributed by atoms with Crippen LogP contribution in [-0.2, 0) is 9.59 Å². The molecular formula is C15H22N2O3. The zero-order valence-electron chi connectivity index (χ0n) is 12.1. The van der Waals surface area contributed by atoms with E-state index in [0.29, 0.717) is 25.8 Å². The summed E-state index contributed by atoms with van der Waals surface area (Å²) in [4.78, 5) is 28.0. The van der Waals surface area contributed by atoms with Crippen LogP contribution in [0.2, 0.25) is 0 Å². The number of hydrogen-bond donors (Lipinski definition) is 2. The third-order valence-electron chi connectivity index (χ3n) is 3.79. The van der Waals surface area contributed by atoms with Crippen LogP contribution in [0, 0.1) is 5.41 Å². The number of nitrogens with one attached hydrogen (secondary N) is 1. The molecule has 0 spiro atoms. The molecule has 0 radical (unpaired) electrons. The lowest BCUT2D eigenvalue weighted by atomic mass is 9.77. The number of carbonyl (C=O) groups is 2. The average molecular weight is 278 g/mol. The van der Waals surface area contributed by atoms with Crippen molar-refractivity contribution < 1.29 is 14.7 Å². The molecule has 0 unspecified atom stereocenters. The molecule has 5 heteroatoms. The molecule has 0 saturated carbocycles. The molecule has 1 atom stereocenters. The predicted molar refractivity (Wildman–Crippen MR) is 76.8 cm³/mol. The summed E-state index contributed by atoms with van der Waals surface area (Å²) >= 11 is 0. The van der Waals surface area contributed by atoms with E-state index in [4.69, 9.17) is 0 Å². The molecule has 0 aromatic carbocycles. The first-order chi connectivity index (χ1) is 9.39. The molecule has 1 saturated heterocycles. The van der Waals surface area contributed by atoms with E-state index >= 15 is 0 Å². The van der Waals surface area contributed by atoms with Gasteiger partial charge in [-0.2, -0.15) is 0 Å². The van der Waals surface area contributed by atoms with Crippen LogP contribution in [0.25, 0.3) is 0 Å². The number of nitrogens with zero attached hydrogens (tertiary/aromatic N) is 1. The summed E-state index contributed by atoms with van der Waals surface area (Å²) in [7, 11) is 0. The van der Waals surface area contributed by atoms with Gasteiger partial charge in [-0.1, -0.05) is 13.8 Å². The van der Waals surface area contributed by atoms with Gasteiger partial charge in [0.2, 0.25) is 5.91 Å². The highest BCUT2D eigenvalue weighted by Crippen LogP contribution is 2.35. The monoisotopic (exact) mass is 278 g/mol. The van der Waals surface area contributed by atoms with Crippen LogP contribution in [0.15, 0.2) is 16.3 Å². The van der Waals surface area contributed by atoms with Crippen molar-refractivity contribution in [1.82, 2.24) is 5.32 Å². The van der Waals surface area contributed by atoms with Crippen LogP contribution >= 0.6 is 0 Å². The van der Waals surface area contributed by atoms with Crippen LogP contribution in [0.5, 0.6) is 0 Å². The standard InChI is InChI=1S/C15H22N2O3/c1-15(2)7-12(18)10(13(19)8-15)9-17-11-5-3-4-6-16-14(11)20/h9,11,18H,3-8H2,1-2H3,(H,16,20)/t11-/m0/s1. The van der Waals surface area contributed by atoms with Crippen molar-refractivity contribution in [1.29, 1.82) is 0 Å². The molecule has 1 fully saturated rings. The van der Waals surface area contributed by atoms with Gasteiger partial charge in [0.15, 0.2) is 5.78 Å². The number of hydrogen-bond acceptors (Lipinski definition) is 4. The Kier molecular flexibility index (Phi) is 4.26. The second-order valence-corrected chi connectivity index (χ2v) is 6.38. The number of carbonyl (C=O) groups excluding carboxylic acids is 2. The van der Waals surface area contributed by atoms with Crippen LogP contribution in [-0.4, -0.2) is 35.6 Å². The van der Waals surface area contributed by atoms with Gasteiger partial charge in [-0.25, -0.2) is 0 Å². The van der Waals surface area contributed by atoms with Gasteiger partial charge >= 0.3 is 0 Å². The summed E-state index contributed by atoms with van der Waals surface area (Å²) in [6.07, 6.45) is 4.84. The maximum atomic E-state index is 12.0. The lowest BCUT2D eigenvalue weighted by Gasteiger charge is -2.28. The summed E-state index contributed by atoms with van der Waals surface area (Å²) in [6.45, 7) is 4.59. The van der Waals surface area contributed by atoms with E-state index < -0.39 is 6.04 Å². The smallest absolute Gasteiger partial charge is 0.244 e. The molecule has 0 aromatic rings. The first kappa shape index (κ1) is 14.8. The number of Topliss-reactive ketones (excluding diaryl/α,β-unsaturated/α-hetero) is 1. The zero-order valence-corrected chi connectivity index (χ0v) is 12.1. The number of rotatable bonds is 2. The lowest BCUT2D eigenvalue weighted by molar-refractivity contribution is -0.122. The van der Waals surface area contributed by atoms with E-state index in [2.05, 4.69) is 10.3 Å². The minimum atomic E-state index is -0.444. The van der Waals surface area contributed by atoms with Crippen molar-refractivity contribution >= 4 is 17.9 Å². The van der Waals surface area contributed by atoms with Gasteiger partial charge in [0.1, 0.15) is 11.8 Å². The van der Waals surface area contributed by atoms with Crippen LogP contribution < -0.4 is 5.32 Å². The van der Waals surface area contributed by atoms with Gasteiger partial charge in [0.25, 0.3) is 0 Å². The summed E-state index contributed by atoms with van der Waals surface area (Å²) in [6, 6.07) is -0.444. The van der Waals surface area contributed by atoms with Crippen molar-refractivity contribution in [2.75, 3.05) is 6.54 Å². The van der Waals surface area contributed by atoms with Crippen LogP contribution in [0.1, 0.15) is 46.0 Å². The SMILES string of the molecule is CC1(C)CC(=O)C(C=N[C@H]2CCCCNC2=O)=C(O)C1. The number of allylic oxidation sites excluding steroid dienone is 2. The Morgan fingerprint density at radius 3 is 2.75 bits per heavy atom. The molecule has 110 valence electrons. The first-order valence-electron chi connectivity index (χ1n) is 7.15. The van der Waals surface area contributed by atoms with Gasteiger partial charge < -0.3 is 10.4 Å². The molecule has 1 aliphatic carbocycles.